The van der Waals surface area contributed by atoms with E-state index < -0.39 is 0 Å². The summed E-state index contributed by atoms with van der Waals surface area (Å²) in [7, 11) is 0. The fraction of sp³-hybridized carbons (Fsp3) is 0.321. The number of para-hydroxylation sites is 1. The third kappa shape index (κ3) is 6.28. The van der Waals surface area contributed by atoms with E-state index in [4.69, 9.17) is 4.74 Å². The summed E-state index contributed by atoms with van der Waals surface area (Å²) >= 11 is 0. The molecule has 0 aromatic heterocycles. The smallest absolute Gasteiger partial charge is 0.253 e. The molecule has 0 saturated carbocycles. The standard InChI is InChI=1S/C28H33N3O2/c1-28(2,3)33-26-15-9-22(10-16-26)21-29-24-13-11-23(12-14-24)27(32)31-19-17-30(18-20-31)25-7-5-4-6-8-25/h4-16,29H,17-21H2,1-3H3. The molecule has 3 aromatic carbocycles. The zero-order chi connectivity index (χ0) is 23.3. The molecule has 1 amide bonds. The highest BCUT2D eigenvalue weighted by Crippen LogP contribution is 2.20. The molecule has 5 heteroatoms. The lowest BCUT2D eigenvalue weighted by molar-refractivity contribution is 0.0746. The van der Waals surface area contributed by atoms with Crippen molar-refractivity contribution in [3.05, 3.63) is 90.0 Å². The van der Waals surface area contributed by atoms with Gasteiger partial charge < -0.3 is 19.9 Å². The van der Waals surface area contributed by atoms with Crippen LogP contribution in [-0.2, 0) is 6.54 Å². The average molecular weight is 444 g/mol. The van der Waals surface area contributed by atoms with Gasteiger partial charge in [0, 0.05) is 49.7 Å². The van der Waals surface area contributed by atoms with Gasteiger partial charge in [0.05, 0.1) is 0 Å². The minimum absolute atomic E-state index is 0.101. The molecule has 1 fully saturated rings. The predicted molar refractivity (Wildman–Crippen MR) is 135 cm³/mol. The van der Waals surface area contributed by atoms with Gasteiger partial charge in [-0.15, -0.1) is 0 Å². The molecular formula is C28H33N3O2. The van der Waals surface area contributed by atoms with E-state index in [9.17, 15) is 4.79 Å². The quantitative estimate of drug-likeness (QED) is 0.551. The number of ether oxygens (including phenoxy) is 1. The molecule has 0 radical (unpaired) electrons. The summed E-state index contributed by atoms with van der Waals surface area (Å²) in [6, 6.07) is 26.3. The van der Waals surface area contributed by atoms with E-state index >= 15 is 0 Å². The first-order valence-corrected chi connectivity index (χ1v) is 11.6. The van der Waals surface area contributed by atoms with Crippen molar-refractivity contribution in [1.29, 1.82) is 0 Å². The Bertz CT molecular complexity index is 1030. The van der Waals surface area contributed by atoms with Gasteiger partial charge in [-0.05, 0) is 74.9 Å². The third-order valence-corrected chi connectivity index (χ3v) is 5.66. The molecule has 3 aromatic rings. The predicted octanol–water partition coefficient (Wildman–Crippen LogP) is 5.44. The zero-order valence-electron chi connectivity index (χ0n) is 19.8. The van der Waals surface area contributed by atoms with Gasteiger partial charge in [0.2, 0.25) is 0 Å². The van der Waals surface area contributed by atoms with E-state index in [0.717, 1.165) is 43.2 Å². The van der Waals surface area contributed by atoms with Crippen molar-refractivity contribution in [2.24, 2.45) is 0 Å². The van der Waals surface area contributed by atoms with Gasteiger partial charge in [0.1, 0.15) is 11.4 Å². The average Bonchev–Trinajstić information content (AvgIpc) is 2.83. The van der Waals surface area contributed by atoms with Gasteiger partial charge in [-0.2, -0.15) is 0 Å². The Labute approximate surface area is 197 Å². The molecule has 172 valence electrons. The van der Waals surface area contributed by atoms with Crippen molar-refractivity contribution < 1.29 is 9.53 Å². The van der Waals surface area contributed by atoms with Crippen molar-refractivity contribution in [2.75, 3.05) is 36.4 Å². The minimum Gasteiger partial charge on any atom is -0.488 e. The Morgan fingerprint density at radius 1 is 0.848 bits per heavy atom. The third-order valence-electron chi connectivity index (χ3n) is 5.66. The second kappa shape index (κ2) is 9.99. The lowest BCUT2D eigenvalue weighted by atomic mass is 10.1. The number of nitrogens with one attached hydrogen (secondary N) is 1. The number of rotatable bonds is 6. The van der Waals surface area contributed by atoms with E-state index in [2.05, 4.69) is 46.6 Å². The molecule has 0 spiro atoms. The van der Waals surface area contributed by atoms with Gasteiger partial charge in [-0.3, -0.25) is 4.79 Å². The Hall–Kier alpha value is -3.47. The second-order valence-electron chi connectivity index (χ2n) is 9.40. The van der Waals surface area contributed by atoms with Gasteiger partial charge in [-0.1, -0.05) is 30.3 Å². The molecule has 0 atom stereocenters. The monoisotopic (exact) mass is 443 g/mol. The molecule has 4 rings (SSSR count). The van der Waals surface area contributed by atoms with Crippen LogP contribution in [0.15, 0.2) is 78.9 Å². The summed E-state index contributed by atoms with van der Waals surface area (Å²) in [6.45, 7) is 10.0. The SMILES string of the molecule is CC(C)(C)Oc1ccc(CNc2ccc(C(=O)N3CCN(c4ccccc4)CC3)cc2)cc1. The van der Waals surface area contributed by atoms with Crippen molar-refractivity contribution in [1.82, 2.24) is 4.90 Å². The fourth-order valence-corrected chi connectivity index (χ4v) is 3.95. The van der Waals surface area contributed by atoms with Gasteiger partial charge >= 0.3 is 0 Å². The van der Waals surface area contributed by atoms with Crippen LogP contribution in [0.4, 0.5) is 11.4 Å². The molecule has 33 heavy (non-hydrogen) atoms. The number of amides is 1. The van der Waals surface area contributed by atoms with Crippen LogP contribution in [0.2, 0.25) is 0 Å². The summed E-state index contributed by atoms with van der Waals surface area (Å²) in [5.74, 6) is 0.974. The van der Waals surface area contributed by atoms with Crippen LogP contribution in [0.5, 0.6) is 5.75 Å². The number of carbonyl (C=O) groups excluding carboxylic acids is 1. The van der Waals surface area contributed by atoms with E-state index in [1.54, 1.807) is 0 Å². The van der Waals surface area contributed by atoms with Crippen LogP contribution in [0.25, 0.3) is 0 Å². The summed E-state index contributed by atoms with van der Waals surface area (Å²) in [5.41, 5.74) is 3.92. The van der Waals surface area contributed by atoms with Gasteiger partial charge in [0.25, 0.3) is 5.91 Å². The van der Waals surface area contributed by atoms with Crippen molar-refractivity contribution in [3.63, 3.8) is 0 Å². The van der Waals surface area contributed by atoms with E-state index in [0.29, 0.717) is 6.54 Å². The number of hydrogen-bond donors (Lipinski definition) is 1. The maximum atomic E-state index is 12.9. The maximum Gasteiger partial charge on any atom is 0.253 e. The molecule has 1 heterocycles. The van der Waals surface area contributed by atoms with Crippen LogP contribution < -0.4 is 15.0 Å². The van der Waals surface area contributed by atoms with Crippen LogP contribution in [0.3, 0.4) is 0 Å². The number of carbonyl (C=O) groups is 1. The molecule has 0 aliphatic carbocycles. The van der Waals surface area contributed by atoms with Crippen LogP contribution in [-0.4, -0.2) is 42.6 Å². The first-order chi connectivity index (χ1) is 15.9. The summed E-state index contributed by atoms with van der Waals surface area (Å²) in [4.78, 5) is 17.2. The first-order valence-electron chi connectivity index (χ1n) is 11.6. The number of piperazine rings is 1. The van der Waals surface area contributed by atoms with Crippen molar-refractivity contribution >= 4 is 17.3 Å². The molecule has 1 aliphatic rings. The Balaban J connectivity index is 1.27. The molecule has 1 N–H and O–H groups in total. The Morgan fingerprint density at radius 3 is 2.09 bits per heavy atom. The highest BCUT2D eigenvalue weighted by molar-refractivity contribution is 5.94. The number of anilines is 2. The van der Waals surface area contributed by atoms with Crippen LogP contribution in [0, 0.1) is 0 Å². The van der Waals surface area contributed by atoms with Crippen LogP contribution in [0.1, 0.15) is 36.7 Å². The lowest BCUT2D eigenvalue weighted by Gasteiger charge is -2.36. The molecule has 1 aliphatic heterocycles. The molecule has 0 unspecified atom stereocenters. The minimum atomic E-state index is -0.200. The first kappa shape index (κ1) is 22.7. The van der Waals surface area contributed by atoms with Gasteiger partial charge in [0.15, 0.2) is 0 Å². The lowest BCUT2D eigenvalue weighted by Crippen LogP contribution is -2.48. The molecule has 1 saturated heterocycles. The second-order valence-corrected chi connectivity index (χ2v) is 9.40. The summed E-state index contributed by atoms with van der Waals surface area (Å²) in [5, 5.41) is 3.43. The van der Waals surface area contributed by atoms with Crippen molar-refractivity contribution in [3.8, 4) is 5.75 Å². The van der Waals surface area contributed by atoms with Crippen molar-refractivity contribution in [2.45, 2.75) is 32.9 Å². The highest BCUT2D eigenvalue weighted by Gasteiger charge is 2.22. The number of hydrogen-bond acceptors (Lipinski definition) is 4. The topological polar surface area (TPSA) is 44.8 Å². The summed E-state index contributed by atoms with van der Waals surface area (Å²) < 4.78 is 5.87. The van der Waals surface area contributed by atoms with Gasteiger partial charge in [-0.25, -0.2) is 0 Å². The van der Waals surface area contributed by atoms with E-state index in [1.807, 2.05) is 68.1 Å². The van der Waals surface area contributed by atoms with Crippen LogP contribution >= 0.6 is 0 Å². The molecule has 5 nitrogen and oxygen atoms in total. The maximum absolute atomic E-state index is 12.9. The Kier molecular flexibility index (Phi) is 6.87. The largest absolute Gasteiger partial charge is 0.488 e. The normalized spacial score (nSPS) is 14.2. The Morgan fingerprint density at radius 2 is 1.48 bits per heavy atom. The zero-order valence-corrected chi connectivity index (χ0v) is 19.8. The van der Waals surface area contributed by atoms with E-state index in [1.165, 1.54) is 11.3 Å². The highest BCUT2D eigenvalue weighted by atomic mass is 16.5. The number of benzene rings is 3. The summed E-state index contributed by atoms with van der Waals surface area (Å²) in [6.07, 6.45) is 0. The fourth-order valence-electron chi connectivity index (χ4n) is 3.95. The molecular weight excluding hydrogens is 410 g/mol. The van der Waals surface area contributed by atoms with E-state index in [-0.39, 0.29) is 11.5 Å². The number of nitrogens with zero attached hydrogens (tertiary/aromatic N) is 2. The molecule has 0 bridgehead atoms.